The molecule has 4 amide bonds. The average molecular weight is 475 g/mol. The number of hydrogen-bond donors (Lipinski definition) is 1. The molecule has 7 heteroatoms. The van der Waals surface area contributed by atoms with Crippen molar-refractivity contribution in [2.45, 2.75) is 19.8 Å². The van der Waals surface area contributed by atoms with E-state index < -0.39 is 17.8 Å². The van der Waals surface area contributed by atoms with Crippen molar-refractivity contribution >= 4 is 41.2 Å². The molecule has 0 aliphatic carbocycles. The molecule has 1 aliphatic heterocycles. The Morgan fingerprint density at radius 2 is 1.65 bits per heavy atom. The van der Waals surface area contributed by atoms with Crippen LogP contribution >= 0.6 is 11.6 Å². The quantitative estimate of drug-likeness (QED) is 0.395. The van der Waals surface area contributed by atoms with E-state index in [-0.39, 0.29) is 5.57 Å². The SMILES string of the molecule is CCc1ccccc1N1C(=O)NC(=O)/C(=C/c2ccc(Cc3ccccc3Cl)c(OC)c2)C1=O. The van der Waals surface area contributed by atoms with Crippen LogP contribution in [0.15, 0.2) is 72.3 Å². The molecular formula is C27H23ClN2O4. The minimum Gasteiger partial charge on any atom is -0.496 e. The van der Waals surface area contributed by atoms with E-state index in [1.807, 2.05) is 49.4 Å². The Kier molecular flexibility index (Phi) is 6.80. The van der Waals surface area contributed by atoms with E-state index in [2.05, 4.69) is 5.32 Å². The standard InChI is InChI=1S/C27H23ClN2O4/c1-3-18-8-5-7-11-23(18)30-26(32)21(25(31)29-27(30)33)14-17-12-13-20(24(15-17)34-2)16-19-9-4-6-10-22(19)28/h4-15H,3,16H2,1-2H3,(H,29,31,33)/b21-14-. The number of nitrogens with zero attached hydrogens (tertiary/aromatic N) is 1. The van der Waals surface area contributed by atoms with Crippen molar-refractivity contribution in [3.63, 3.8) is 0 Å². The molecule has 1 heterocycles. The van der Waals surface area contributed by atoms with E-state index >= 15 is 0 Å². The molecule has 0 atom stereocenters. The van der Waals surface area contributed by atoms with Gasteiger partial charge in [0.25, 0.3) is 11.8 Å². The van der Waals surface area contributed by atoms with Gasteiger partial charge < -0.3 is 4.74 Å². The van der Waals surface area contributed by atoms with Crippen LogP contribution in [0, 0.1) is 0 Å². The van der Waals surface area contributed by atoms with Crippen LogP contribution in [0.5, 0.6) is 5.75 Å². The van der Waals surface area contributed by atoms with Crippen molar-refractivity contribution in [2.24, 2.45) is 0 Å². The molecule has 4 rings (SSSR count). The van der Waals surface area contributed by atoms with E-state index in [0.29, 0.717) is 34.9 Å². The molecule has 6 nitrogen and oxygen atoms in total. The summed E-state index contributed by atoms with van der Waals surface area (Å²) in [6, 6.07) is 19.3. The number of para-hydroxylation sites is 1. The number of nitrogens with one attached hydrogen (secondary N) is 1. The minimum absolute atomic E-state index is 0.133. The zero-order chi connectivity index (χ0) is 24.2. The molecule has 3 aromatic carbocycles. The Bertz CT molecular complexity index is 1320. The van der Waals surface area contributed by atoms with Gasteiger partial charge in [0.1, 0.15) is 11.3 Å². The highest BCUT2D eigenvalue weighted by Gasteiger charge is 2.37. The maximum Gasteiger partial charge on any atom is 0.335 e. The first-order chi connectivity index (χ1) is 16.4. The number of benzene rings is 3. The predicted molar refractivity (Wildman–Crippen MR) is 132 cm³/mol. The third-order valence-corrected chi connectivity index (χ3v) is 6.04. The van der Waals surface area contributed by atoms with Crippen molar-refractivity contribution in [3.05, 3.63) is 99.6 Å². The lowest BCUT2D eigenvalue weighted by molar-refractivity contribution is -0.122. The lowest BCUT2D eigenvalue weighted by atomic mass is 10.00. The first-order valence-corrected chi connectivity index (χ1v) is 11.2. The van der Waals surface area contributed by atoms with Crippen LogP contribution in [0.25, 0.3) is 6.08 Å². The number of imide groups is 2. The number of hydrogen-bond acceptors (Lipinski definition) is 4. The second kappa shape index (κ2) is 9.93. The molecule has 0 bridgehead atoms. The summed E-state index contributed by atoms with van der Waals surface area (Å²) in [5.74, 6) is -0.810. The molecule has 3 aromatic rings. The molecule has 1 saturated heterocycles. The Morgan fingerprint density at radius 1 is 0.941 bits per heavy atom. The number of carbonyl (C=O) groups is 3. The highest BCUT2D eigenvalue weighted by Crippen LogP contribution is 2.29. The second-order valence-corrected chi connectivity index (χ2v) is 8.19. The lowest BCUT2D eigenvalue weighted by Gasteiger charge is -2.28. The van der Waals surface area contributed by atoms with Gasteiger partial charge in [-0.1, -0.05) is 67.1 Å². The molecule has 0 radical (unpaired) electrons. The Morgan fingerprint density at radius 3 is 2.35 bits per heavy atom. The second-order valence-electron chi connectivity index (χ2n) is 7.78. The van der Waals surface area contributed by atoms with Crippen LogP contribution in [0.2, 0.25) is 5.02 Å². The van der Waals surface area contributed by atoms with Crippen molar-refractivity contribution in [3.8, 4) is 5.75 Å². The van der Waals surface area contributed by atoms with Gasteiger partial charge in [-0.2, -0.15) is 0 Å². The fourth-order valence-electron chi connectivity index (χ4n) is 3.91. The van der Waals surface area contributed by atoms with Crippen molar-refractivity contribution in [1.82, 2.24) is 5.32 Å². The van der Waals surface area contributed by atoms with Gasteiger partial charge in [0.2, 0.25) is 0 Å². The summed E-state index contributed by atoms with van der Waals surface area (Å²) in [5, 5.41) is 2.94. The molecule has 1 N–H and O–H groups in total. The summed E-state index contributed by atoms with van der Waals surface area (Å²) in [5.41, 5.74) is 3.61. The molecule has 0 aromatic heterocycles. The van der Waals surface area contributed by atoms with E-state index in [1.165, 1.54) is 6.08 Å². The van der Waals surface area contributed by atoms with E-state index in [4.69, 9.17) is 16.3 Å². The third kappa shape index (κ3) is 4.58. The number of amides is 4. The van der Waals surface area contributed by atoms with Crippen LogP contribution in [0.3, 0.4) is 0 Å². The summed E-state index contributed by atoms with van der Waals surface area (Å²) < 4.78 is 5.56. The lowest BCUT2D eigenvalue weighted by Crippen LogP contribution is -2.54. The van der Waals surface area contributed by atoms with E-state index in [9.17, 15) is 14.4 Å². The van der Waals surface area contributed by atoms with Gasteiger partial charge >= 0.3 is 6.03 Å². The maximum atomic E-state index is 13.2. The number of anilines is 1. The number of methoxy groups -OCH3 is 1. The van der Waals surface area contributed by atoms with Gasteiger partial charge in [0.05, 0.1) is 12.8 Å². The fourth-order valence-corrected chi connectivity index (χ4v) is 4.12. The average Bonchev–Trinajstić information content (AvgIpc) is 2.84. The number of urea groups is 1. The number of halogens is 1. The third-order valence-electron chi connectivity index (χ3n) is 5.68. The number of aryl methyl sites for hydroxylation is 1. The Balaban J connectivity index is 1.68. The maximum absolute atomic E-state index is 13.2. The van der Waals surface area contributed by atoms with Crippen LogP contribution in [0.1, 0.15) is 29.2 Å². The van der Waals surface area contributed by atoms with Crippen LogP contribution < -0.4 is 15.0 Å². The molecule has 0 saturated carbocycles. The smallest absolute Gasteiger partial charge is 0.335 e. The van der Waals surface area contributed by atoms with Gasteiger partial charge in [-0.15, -0.1) is 0 Å². The largest absolute Gasteiger partial charge is 0.496 e. The number of carbonyl (C=O) groups excluding carboxylic acids is 3. The normalized spacial score (nSPS) is 15.0. The molecule has 172 valence electrons. The molecule has 0 spiro atoms. The van der Waals surface area contributed by atoms with Gasteiger partial charge in [-0.05, 0) is 52.9 Å². The minimum atomic E-state index is -0.763. The van der Waals surface area contributed by atoms with Crippen molar-refractivity contribution in [1.29, 1.82) is 0 Å². The van der Waals surface area contributed by atoms with Crippen LogP contribution in [-0.4, -0.2) is 25.0 Å². The predicted octanol–water partition coefficient (Wildman–Crippen LogP) is 5.17. The van der Waals surface area contributed by atoms with E-state index in [0.717, 1.165) is 21.6 Å². The first-order valence-electron chi connectivity index (χ1n) is 10.8. The van der Waals surface area contributed by atoms with Gasteiger partial charge in [-0.25, -0.2) is 9.69 Å². The van der Waals surface area contributed by atoms with Gasteiger partial charge in [0.15, 0.2) is 0 Å². The summed E-state index contributed by atoms with van der Waals surface area (Å²) in [4.78, 5) is 39.4. The molecule has 0 unspecified atom stereocenters. The van der Waals surface area contributed by atoms with Gasteiger partial charge in [-0.3, -0.25) is 14.9 Å². The van der Waals surface area contributed by atoms with Crippen LogP contribution in [0.4, 0.5) is 10.5 Å². The zero-order valence-corrected chi connectivity index (χ0v) is 19.6. The monoisotopic (exact) mass is 474 g/mol. The summed E-state index contributed by atoms with van der Waals surface area (Å²) >= 11 is 6.29. The number of barbiturate groups is 1. The van der Waals surface area contributed by atoms with E-state index in [1.54, 1.807) is 31.4 Å². The first kappa shape index (κ1) is 23.3. The number of ether oxygens (including phenoxy) is 1. The van der Waals surface area contributed by atoms with Crippen molar-refractivity contribution < 1.29 is 19.1 Å². The topological polar surface area (TPSA) is 75.7 Å². The summed E-state index contributed by atoms with van der Waals surface area (Å²) in [6.45, 7) is 1.93. The fraction of sp³-hybridized carbons (Fsp3) is 0.148. The van der Waals surface area contributed by atoms with Gasteiger partial charge in [0, 0.05) is 11.4 Å². The molecule has 1 fully saturated rings. The zero-order valence-electron chi connectivity index (χ0n) is 18.8. The number of rotatable bonds is 6. The summed E-state index contributed by atoms with van der Waals surface area (Å²) in [7, 11) is 1.56. The molecular weight excluding hydrogens is 452 g/mol. The van der Waals surface area contributed by atoms with Crippen LogP contribution in [-0.2, 0) is 22.4 Å². The highest BCUT2D eigenvalue weighted by atomic mass is 35.5. The summed E-state index contributed by atoms with van der Waals surface area (Å²) in [6.07, 6.45) is 2.66. The molecule has 34 heavy (non-hydrogen) atoms. The Hall–Kier alpha value is -3.90. The van der Waals surface area contributed by atoms with Crippen molar-refractivity contribution in [2.75, 3.05) is 12.0 Å². The Labute approximate surface area is 202 Å². The highest BCUT2D eigenvalue weighted by molar-refractivity contribution is 6.39. The molecule has 1 aliphatic rings.